The van der Waals surface area contributed by atoms with Crippen molar-refractivity contribution in [1.82, 2.24) is 20.2 Å². The van der Waals surface area contributed by atoms with E-state index in [4.69, 9.17) is 10.5 Å². The molecule has 3 N–H and O–H groups in total. The first-order chi connectivity index (χ1) is 10.4. The number of carboxylic acids is 1. The fourth-order valence-electron chi connectivity index (χ4n) is 2.22. The number of hydrogen-bond acceptors (Lipinski definition) is 6. The molecule has 0 bridgehead atoms. The number of nitrogen functional groups attached to an aromatic ring is 1. The lowest BCUT2D eigenvalue weighted by molar-refractivity contribution is -0.141. The van der Waals surface area contributed by atoms with Crippen LogP contribution in [-0.4, -0.2) is 38.4 Å². The lowest BCUT2D eigenvalue weighted by Crippen LogP contribution is -2.23. The SMILES string of the molecule is COc1ccc(-c2nnnn2C(CC(C)C)C(=O)O)cc1N. The van der Waals surface area contributed by atoms with Crippen LogP contribution in [0.15, 0.2) is 18.2 Å². The van der Waals surface area contributed by atoms with Crippen molar-refractivity contribution in [2.24, 2.45) is 5.92 Å². The lowest BCUT2D eigenvalue weighted by atomic mass is 10.0. The lowest BCUT2D eigenvalue weighted by Gasteiger charge is -2.16. The van der Waals surface area contributed by atoms with E-state index >= 15 is 0 Å². The van der Waals surface area contributed by atoms with Gasteiger partial charge in [0.05, 0.1) is 12.8 Å². The van der Waals surface area contributed by atoms with Crippen LogP contribution in [0, 0.1) is 5.92 Å². The average Bonchev–Trinajstić information content (AvgIpc) is 2.93. The molecular formula is C14H19N5O3. The highest BCUT2D eigenvalue weighted by Gasteiger charge is 2.26. The number of benzene rings is 1. The first-order valence-corrected chi connectivity index (χ1v) is 6.88. The minimum atomic E-state index is -0.969. The van der Waals surface area contributed by atoms with Gasteiger partial charge in [0, 0.05) is 5.56 Å². The van der Waals surface area contributed by atoms with Crippen LogP contribution in [0.5, 0.6) is 5.75 Å². The van der Waals surface area contributed by atoms with Gasteiger partial charge in [-0.05, 0) is 41.0 Å². The third-order valence-electron chi connectivity index (χ3n) is 3.26. The molecule has 0 fully saturated rings. The largest absolute Gasteiger partial charge is 0.495 e. The molecule has 0 spiro atoms. The molecule has 1 heterocycles. The summed E-state index contributed by atoms with van der Waals surface area (Å²) in [4.78, 5) is 11.5. The van der Waals surface area contributed by atoms with Crippen LogP contribution in [0.2, 0.25) is 0 Å². The predicted molar refractivity (Wildman–Crippen MR) is 80.3 cm³/mol. The molecule has 118 valence electrons. The number of aromatic nitrogens is 4. The van der Waals surface area contributed by atoms with Crippen molar-refractivity contribution in [1.29, 1.82) is 0 Å². The zero-order valence-corrected chi connectivity index (χ0v) is 12.7. The monoisotopic (exact) mass is 305 g/mol. The Balaban J connectivity index is 2.44. The van der Waals surface area contributed by atoms with Gasteiger partial charge in [-0.2, -0.15) is 0 Å². The number of methoxy groups -OCH3 is 1. The van der Waals surface area contributed by atoms with Gasteiger partial charge in [0.25, 0.3) is 0 Å². The Morgan fingerprint density at radius 3 is 2.73 bits per heavy atom. The van der Waals surface area contributed by atoms with E-state index in [9.17, 15) is 9.90 Å². The second-order valence-corrected chi connectivity index (χ2v) is 5.39. The number of rotatable bonds is 6. The number of tetrazole rings is 1. The topological polar surface area (TPSA) is 116 Å². The van der Waals surface area contributed by atoms with Gasteiger partial charge in [-0.1, -0.05) is 13.8 Å². The van der Waals surface area contributed by atoms with Crippen LogP contribution in [0.25, 0.3) is 11.4 Å². The van der Waals surface area contributed by atoms with Gasteiger partial charge < -0.3 is 15.6 Å². The van der Waals surface area contributed by atoms with Gasteiger partial charge >= 0.3 is 5.97 Å². The van der Waals surface area contributed by atoms with Gasteiger partial charge in [-0.15, -0.1) is 5.10 Å². The smallest absolute Gasteiger partial charge is 0.328 e. The summed E-state index contributed by atoms with van der Waals surface area (Å²) >= 11 is 0. The van der Waals surface area contributed by atoms with Crippen molar-refractivity contribution >= 4 is 11.7 Å². The van der Waals surface area contributed by atoms with E-state index in [1.807, 2.05) is 13.8 Å². The summed E-state index contributed by atoms with van der Waals surface area (Å²) < 4.78 is 6.43. The van der Waals surface area contributed by atoms with Crippen molar-refractivity contribution in [3.05, 3.63) is 18.2 Å². The minimum absolute atomic E-state index is 0.194. The van der Waals surface area contributed by atoms with Crippen molar-refractivity contribution in [2.75, 3.05) is 12.8 Å². The Hall–Kier alpha value is -2.64. The highest BCUT2D eigenvalue weighted by molar-refractivity contribution is 5.73. The van der Waals surface area contributed by atoms with Crippen LogP contribution in [0.3, 0.4) is 0 Å². The molecule has 8 heteroatoms. The predicted octanol–water partition coefficient (Wildman–Crippen LogP) is 1.60. The van der Waals surface area contributed by atoms with E-state index in [-0.39, 0.29) is 5.92 Å². The molecule has 1 aromatic carbocycles. The van der Waals surface area contributed by atoms with E-state index in [0.29, 0.717) is 29.2 Å². The second-order valence-electron chi connectivity index (χ2n) is 5.39. The normalized spacial score (nSPS) is 12.4. The third-order valence-corrected chi connectivity index (χ3v) is 3.26. The standard InChI is InChI=1S/C14H19N5O3/c1-8(2)6-11(14(20)21)19-13(16-17-18-19)9-4-5-12(22-3)10(15)7-9/h4-5,7-8,11H,6,15H2,1-3H3,(H,20,21). The number of nitrogens with two attached hydrogens (primary N) is 1. The maximum Gasteiger partial charge on any atom is 0.328 e. The Labute approximate surface area is 127 Å². The molecule has 0 amide bonds. The van der Waals surface area contributed by atoms with Crippen molar-refractivity contribution in [3.63, 3.8) is 0 Å². The number of anilines is 1. The van der Waals surface area contributed by atoms with Gasteiger partial charge in [-0.25, -0.2) is 9.48 Å². The molecule has 2 aromatic rings. The van der Waals surface area contributed by atoms with E-state index in [2.05, 4.69) is 15.5 Å². The molecule has 8 nitrogen and oxygen atoms in total. The summed E-state index contributed by atoms with van der Waals surface area (Å²) in [5.41, 5.74) is 6.96. The fourth-order valence-corrected chi connectivity index (χ4v) is 2.22. The molecule has 2 rings (SSSR count). The molecule has 1 atom stereocenters. The zero-order valence-electron chi connectivity index (χ0n) is 12.7. The number of hydrogen-bond donors (Lipinski definition) is 2. The second kappa shape index (κ2) is 6.42. The number of carboxylic acid groups (broad SMARTS) is 1. The molecular weight excluding hydrogens is 286 g/mol. The van der Waals surface area contributed by atoms with Gasteiger partial charge in [0.1, 0.15) is 5.75 Å². The molecule has 0 radical (unpaired) electrons. The summed E-state index contributed by atoms with van der Waals surface area (Å²) in [5, 5.41) is 20.8. The van der Waals surface area contributed by atoms with Crippen LogP contribution in [0.1, 0.15) is 26.3 Å². The van der Waals surface area contributed by atoms with Crippen LogP contribution >= 0.6 is 0 Å². The first kappa shape index (κ1) is 15.7. The Kier molecular flexibility index (Phi) is 4.59. The van der Waals surface area contributed by atoms with E-state index in [1.165, 1.54) is 11.8 Å². The summed E-state index contributed by atoms with van der Waals surface area (Å²) in [6.45, 7) is 3.90. The molecule has 1 unspecified atom stereocenters. The van der Waals surface area contributed by atoms with Crippen molar-refractivity contribution < 1.29 is 14.6 Å². The van der Waals surface area contributed by atoms with Gasteiger partial charge in [-0.3, -0.25) is 0 Å². The number of aliphatic carboxylic acids is 1. The fraction of sp³-hybridized carbons (Fsp3) is 0.429. The Morgan fingerprint density at radius 1 is 1.45 bits per heavy atom. The molecule has 0 aliphatic heterocycles. The Morgan fingerprint density at radius 2 is 2.18 bits per heavy atom. The maximum atomic E-state index is 11.5. The number of ether oxygens (including phenoxy) is 1. The quantitative estimate of drug-likeness (QED) is 0.778. The third kappa shape index (κ3) is 3.16. The summed E-state index contributed by atoms with van der Waals surface area (Å²) in [7, 11) is 1.53. The highest BCUT2D eigenvalue weighted by atomic mass is 16.5. The van der Waals surface area contributed by atoms with Crippen LogP contribution < -0.4 is 10.5 Å². The summed E-state index contributed by atoms with van der Waals surface area (Å²) in [6.07, 6.45) is 0.430. The van der Waals surface area contributed by atoms with E-state index < -0.39 is 12.0 Å². The van der Waals surface area contributed by atoms with Crippen LogP contribution in [-0.2, 0) is 4.79 Å². The van der Waals surface area contributed by atoms with Crippen molar-refractivity contribution in [2.45, 2.75) is 26.3 Å². The molecule has 0 aliphatic carbocycles. The van der Waals surface area contributed by atoms with Gasteiger partial charge in [0.15, 0.2) is 11.9 Å². The van der Waals surface area contributed by atoms with E-state index in [1.54, 1.807) is 18.2 Å². The average molecular weight is 305 g/mol. The summed E-state index contributed by atoms with van der Waals surface area (Å²) in [5.74, 6) is 0.130. The van der Waals surface area contributed by atoms with E-state index in [0.717, 1.165) is 0 Å². The molecule has 0 saturated carbocycles. The van der Waals surface area contributed by atoms with Crippen LogP contribution in [0.4, 0.5) is 5.69 Å². The number of carbonyl (C=O) groups is 1. The molecule has 22 heavy (non-hydrogen) atoms. The molecule has 0 aliphatic rings. The first-order valence-electron chi connectivity index (χ1n) is 6.88. The van der Waals surface area contributed by atoms with Gasteiger partial charge in [0.2, 0.25) is 0 Å². The Bertz CT molecular complexity index is 668. The maximum absolute atomic E-state index is 11.5. The molecule has 1 aromatic heterocycles. The van der Waals surface area contributed by atoms with Crippen molar-refractivity contribution in [3.8, 4) is 17.1 Å². The zero-order chi connectivity index (χ0) is 16.3. The summed E-state index contributed by atoms with van der Waals surface area (Å²) in [6, 6.07) is 4.27. The molecule has 0 saturated heterocycles. The highest BCUT2D eigenvalue weighted by Crippen LogP contribution is 2.29. The minimum Gasteiger partial charge on any atom is -0.495 e. The number of nitrogens with zero attached hydrogens (tertiary/aromatic N) is 4.